The number of amides is 3. The lowest BCUT2D eigenvalue weighted by atomic mass is 10.0. The van der Waals surface area contributed by atoms with Gasteiger partial charge in [-0.25, -0.2) is 4.68 Å². The second-order valence-corrected chi connectivity index (χ2v) is 9.06. The maximum absolute atomic E-state index is 13.0. The number of hydrogen-bond acceptors (Lipinski definition) is 7. The maximum Gasteiger partial charge on any atom is 0.255 e. The largest absolute Gasteiger partial charge is 0.497 e. The van der Waals surface area contributed by atoms with Crippen LogP contribution in [0, 0.1) is 0 Å². The molecule has 1 N–H and O–H groups in total. The number of hydrogen-bond donors (Lipinski definition) is 1. The molecular weight excluding hydrogens is 474 g/mol. The third-order valence-electron chi connectivity index (χ3n) is 6.91. The van der Waals surface area contributed by atoms with Gasteiger partial charge in [-0.3, -0.25) is 19.7 Å². The van der Waals surface area contributed by atoms with Crippen molar-refractivity contribution >= 4 is 28.5 Å². The minimum absolute atomic E-state index is 0.215. The highest BCUT2D eigenvalue weighted by molar-refractivity contribution is 6.05. The summed E-state index contributed by atoms with van der Waals surface area (Å²) < 4.78 is 12.6. The number of nitrogens with one attached hydrogen (secondary N) is 1. The van der Waals surface area contributed by atoms with Gasteiger partial charge in [0.15, 0.2) is 0 Å². The summed E-state index contributed by atoms with van der Waals surface area (Å²) in [4.78, 5) is 38.3. The van der Waals surface area contributed by atoms with Crippen molar-refractivity contribution in [3.8, 4) is 28.4 Å². The van der Waals surface area contributed by atoms with E-state index in [1.165, 1.54) is 4.90 Å². The molecule has 0 aliphatic carbocycles. The summed E-state index contributed by atoms with van der Waals surface area (Å²) in [6.07, 6.45) is 2.35. The van der Waals surface area contributed by atoms with Crippen molar-refractivity contribution in [1.82, 2.24) is 25.2 Å². The summed E-state index contributed by atoms with van der Waals surface area (Å²) in [5.41, 5.74) is 3.50. The van der Waals surface area contributed by atoms with Gasteiger partial charge in [0.25, 0.3) is 5.91 Å². The fourth-order valence-corrected chi connectivity index (χ4v) is 4.97. The van der Waals surface area contributed by atoms with Crippen molar-refractivity contribution in [2.75, 3.05) is 14.2 Å². The van der Waals surface area contributed by atoms with Gasteiger partial charge >= 0.3 is 0 Å². The highest BCUT2D eigenvalue weighted by Crippen LogP contribution is 2.35. The molecule has 37 heavy (non-hydrogen) atoms. The lowest BCUT2D eigenvalue weighted by molar-refractivity contribution is -0.136. The van der Waals surface area contributed by atoms with Crippen molar-refractivity contribution < 1.29 is 23.9 Å². The molecule has 1 saturated heterocycles. The van der Waals surface area contributed by atoms with E-state index in [0.717, 1.165) is 33.3 Å². The monoisotopic (exact) mass is 497 g/mol. The quantitative estimate of drug-likeness (QED) is 0.422. The molecule has 4 aromatic rings. The molecule has 0 spiro atoms. The molecule has 6 rings (SSSR count). The number of carbonyl (C=O) groups excluding carboxylic acids is 3. The standard InChI is InChI=1S/C27H23N5O5/c1-36-19-5-3-15-11-21(24(37-2)12-16(15)10-19)22-14-32(30-29-22)18-4-6-20-17(9-18)13-31(27(20)35)23-7-8-25(33)28-26(23)34/h3-6,9-12,14,23H,7-8,13H2,1-2H3,(H,28,33,34). The fraction of sp³-hybridized carbons (Fsp3) is 0.222. The first-order chi connectivity index (χ1) is 17.9. The molecule has 0 radical (unpaired) electrons. The predicted molar refractivity (Wildman–Crippen MR) is 133 cm³/mol. The average molecular weight is 498 g/mol. The van der Waals surface area contributed by atoms with Gasteiger partial charge in [-0.05, 0) is 65.2 Å². The molecule has 3 aromatic carbocycles. The van der Waals surface area contributed by atoms with E-state index < -0.39 is 11.9 Å². The van der Waals surface area contributed by atoms with E-state index in [0.29, 0.717) is 23.4 Å². The second-order valence-electron chi connectivity index (χ2n) is 9.06. The Morgan fingerprint density at radius 3 is 2.59 bits per heavy atom. The minimum atomic E-state index is -0.653. The first-order valence-corrected chi connectivity index (χ1v) is 11.8. The van der Waals surface area contributed by atoms with Gasteiger partial charge in [-0.2, -0.15) is 0 Å². The number of piperidine rings is 1. The molecular formula is C27H23N5O5. The number of nitrogens with zero attached hydrogens (tertiary/aromatic N) is 4. The van der Waals surface area contributed by atoms with E-state index in [1.807, 2.05) is 42.6 Å². The Bertz CT molecular complexity index is 1590. The number of benzene rings is 3. The zero-order valence-corrected chi connectivity index (χ0v) is 20.2. The van der Waals surface area contributed by atoms with Crippen LogP contribution in [-0.2, 0) is 16.1 Å². The Morgan fingerprint density at radius 2 is 1.81 bits per heavy atom. The Labute approximate surface area is 211 Å². The van der Waals surface area contributed by atoms with Gasteiger partial charge in [0.1, 0.15) is 23.2 Å². The fourth-order valence-electron chi connectivity index (χ4n) is 4.97. The van der Waals surface area contributed by atoms with Crippen molar-refractivity contribution in [2.45, 2.75) is 25.4 Å². The first-order valence-electron chi connectivity index (χ1n) is 11.8. The van der Waals surface area contributed by atoms with Gasteiger partial charge in [0.05, 0.1) is 26.1 Å². The number of aromatic nitrogens is 3. The molecule has 1 unspecified atom stereocenters. The first kappa shape index (κ1) is 22.7. The third-order valence-corrected chi connectivity index (χ3v) is 6.91. The van der Waals surface area contributed by atoms with Gasteiger partial charge in [0, 0.05) is 24.1 Å². The third kappa shape index (κ3) is 3.86. The second kappa shape index (κ2) is 8.74. The van der Waals surface area contributed by atoms with Crippen molar-refractivity contribution in [1.29, 1.82) is 0 Å². The normalized spacial score (nSPS) is 17.2. The van der Waals surface area contributed by atoms with Crippen LogP contribution in [0.5, 0.6) is 11.5 Å². The molecule has 1 fully saturated rings. The number of rotatable bonds is 5. The summed E-state index contributed by atoms with van der Waals surface area (Å²) in [5.74, 6) is 0.471. The van der Waals surface area contributed by atoms with Crippen LogP contribution in [0.2, 0.25) is 0 Å². The molecule has 3 amide bonds. The van der Waals surface area contributed by atoms with E-state index in [4.69, 9.17) is 9.47 Å². The Hall–Kier alpha value is -4.73. The Balaban J connectivity index is 1.30. The topological polar surface area (TPSA) is 116 Å². The number of fused-ring (bicyclic) bond motifs is 2. The Morgan fingerprint density at radius 1 is 0.946 bits per heavy atom. The maximum atomic E-state index is 13.0. The molecule has 2 aliphatic heterocycles. The van der Waals surface area contributed by atoms with Gasteiger partial charge in [0.2, 0.25) is 11.8 Å². The van der Waals surface area contributed by atoms with Crippen LogP contribution in [0.4, 0.5) is 0 Å². The highest BCUT2D eigenvalue weighted by atomic mass is 16.5. The van der Waals surface area contributed by atoms with E-state index in [1.54, 1.807) is 31.0 Å². The molecule has 0 saturated carbocycles. The van der Waals surface area contributed by atoms with Gasteiger partial charge in [-0.1, -0.05) is 11.3 Å². The molecule has 0 bridgehead atoms. The summed E-state index contributed by atoms with van der Waals surface area (Å²) in [6.45, 7) is 0.289. The van der Waals surface area contributed by atoms with Crippen molar-refractivity contribution in [3.63, 3.8) is 0 Å². The molecule has 10 heteroatoms. The van der Waals surface area contributed by atoms with E-state index in [9.17, 15) is 14.4 Å². The lowest BCUT2D eigenvalue weighted by Gasteiger charge is -2.29. The summed E-state index contributed by atoms with van der Waals surface area (Å²) in [6, 6.07) is 14.5. The minimum Gasteiger partial charge on any atom is -0.497 e. The summed E-state index contributed by atoms with van der Waals surface area (Å²) in [5, 5.41) is 13.0. The highest BCUT2D eigenvalue weighted by Gasteiger charge is 2.39. The summed E-state index contributed by atoms with van der Waals surface area (Å²) >= 11 is 0. The van der Waals surface area contributed by atoms with Crippen LogP contribution in [0.25, 0.3) is 27.7 Å². The SMILES string of the molecule is COc1ccc2cc(-c3cn(-c4ccc5c(c4)CN(C4CCC(=O)NC4=O)C5=O)nn3)c(OC)cc2c1. The number of imide groups is 1. The van der Waals surface area contributed by atoms with Crippen molar-refractivity contribution in [2.24, 2.45) is 0 Å². The molecule has 1 aromatic heterocycles. The zero-order chi connectivity index (χ0) is 25.7. The molecule has 186 valence electrons. The average Bonchev–Trinajstić information content (AvgIpc) is 3.52. The van der Waals surface area contributed by atoms with Crippen LogP contribution in [0.3, 0.4) is 0 Å². The van der Waals surface area contributed by atoms with Crippen LogP contribution in [-0.4, -0.2) is 57.9 Å². The molecule has 10 nitrogen and oxygen atoms in total. The van der Waals surface area contributed by atoms with Crippen LogP contribution < -0.4 is 14.8 Å². The number of ether oxygens (including phenoxy) is 2. The zero-order valence-electron chi connectivity index (χ0n) is 20.2. The van der Waals surface area contributed by atoms with Gasteiger partial charge in [-0.15, -0.1) is 5.10 Å². The smallest absolute Gasteiger partial charge is 0.255 e. The number of carbonyl (C=O) groups is 3. The van der Waals surface area contributed by atoms with Crippen molar-refractivity contribution in [3.05, 3.63) is 65.9 Å². The Kier molecular flexibility index (Phi) is 5.36. The molecule has 3 heterocycles. The van der Waals surface area contributed by atoms with E-state index in [2.05, 4.69) is 15.6 Å². The predicted octanol–water partition coefficient (Wildman–Crippen LogP) is 2.87. The van der Waals surface area contributed by atoms with E-state index in [-0.39, 0.29) is 24.8 Å². The lowest BCUT2D eigenvalue weighted by Crippen LogP contribution is -2.52. The molecule has 1 atom stereocenters. The van der Waals surface area contributed by atoms with Gasteiger partial charge < -0.3 is 14.4 Å². The van der Waals surface area contributed by atoms with Crippen LogP contribution >= 0.6 is 0 Å². The van der Waals surface area contributed by atoms with Crippen LogP contribution in [0.15, 0.2) is 54.7 Å². The van der Waals surface area contributed by atoms with Crippen LogP contribution in [0.1, 0.15) is 28.8 Å². The summed E-state index contributed by atoms with van der Waals surface area (Å²) in [7, 11) is 3.24. The molecule has 2 aliphatic rings. The number of methoxy groups -OCH3 is 2. The van der Waals surface area contributed by atoms with E-state index >= 15 is 0 Å².